The quantitative estimate of drug-likeness (QED) is 0.771. The molecular weight excluding hydrogens is 261 g/mol. The molecule has 5 nitrogen and oxygen atoms in total. The van der Waals surface area contributed by atoms with Crippen LogP contribution in [0, 0.1) is 5.82 Å². The van der Waals surface area contributed by atoms with Crippen molar-refractivity contribution in [1.82, 2.24) is 4.31 Å². The van der Waals surface area contributed by atoms with Gasteiger partial charge in [-0.15, -0.1) is 0 Å². The Hall–Kier alpha value is -1.47. The molecule has 2 rings (SSSR count). The van der Waals surface area contributed by atoms with Crippen molar-refractivity contribution in [2.24, 2.45) is 0 Å². The van der Waals surface area contributed by atoms with Gasteiger partial charge in [-0.05, 0) is 24.6 Å². The number of ether oxygens (including phenoxy) is 1. The number of sulfonamides is 1. The number of methoxy groups -OCH3 is 1. The van der Waals surface area contributed by atoms with E-state index < -0.39 is 21.8 Å². The summed E-state index contributed by atoms with van der Waals surface area (Å²) in [4.78, 5) is 11.2. The number of benzene rings is 1. The fraction of sp³-hybridized carbons (Fsp3) is 0.364. The Morgan fingerprint density at radius 3 is 2.56 bits per heavy atom. The highest BCUT2D eigenvalue weighted by Crippen LogP contribution is 2.25. The van der Waals surface area contributed by atoms with Crippen LogP contribution in [0.25, 0.3) is 0 Å². The van der Waals surface area contributed by atoms with E-state index in [-0.39, 0.29) is 10.5 Å². The molecule has 0 spiro atoms. The third-order valence-electron chi connectivity index (χ3n) is 2.78. The second-order valence-corrected chi connectivity index (χ2v) is 5.80. The van der Waals surface area contributed by atoms with Crippen LogP contribution in [0.5, 0.6) is 0 Å². The molecule has 1 aliphatic heterocycles. The third-order valence-corrected chi connectivity index (χ3v) is 4.72. The highest BCUT2D eigenvalue weighted by molar-refractivity contribution is 7.89. The zero-order valence-corrected chi connectivity index (χ0v) is 10.5. The van der Waals surface area contributed by atoms with Crippen LogP contribution in [0.3, 0.4) is 0 Å². The van der Waals surface area contributed by atoms with Gasteiger partial charge in [0.25, 0.3) is 0 Å². The minimum atomic E-state index is -3.82. The third kappa shape index (κ3) is 2.11. The van der Waals surface area contributed by atoms with Crippen LogP contribution in [0.2, 0.25) is 0 Å². The van der Waals surface area contributed by atoms with Gasteiger partial charge in [-0.1, -0.05) is 0 Å². The molecule has 0 radical (unpaired) electrons. The molecule has 98 valence electrons. The standard InChI is InChI=1S/C11H12FNO4S/c1-17-11(14)9-4-3-8(12)7-10(9)18(15,16)13-5-2-6-13/h3-4,7H,2,5-6H2,1H3. The molecule has 0 atom stereocenters. The second-order valence-electron chi connectivity index (χ2n) is 3.89. The minimum Gasteiger partial charge on any atom is -0.465 e. The first-order chi connectivity index (χ1) is 8.46. The van der Waals surface area contributed by atoms with Crippen LogP contribution in [0.15, 0.2) is 23.1 Å². The molecule has 0 bridgehead atoms. The summed E-state index contributed by atoms with van der Waals surface area (Å²) in [5.41, 5.74) is -0.147. The molecular formula is C11H12FNO4S. The van der Waals surface area contributed by atoms with E-state index in [4.69, 9.17) is 0 Å². The van der Waals surface area contributed by atoms with E-state index in [0.717, 1.165) is 31.7 Å². The number of carbonyl (C=O) groups excluding carboxylic acids is 1. The van der Waals surface area contributed by atoms with Gasteiger partial charge >= 0.3 is 5.97 Å². The van der Waals surface area contributed by atoms with Gasteiger partial charge in [0, 0.05) is 13.1 Å². The van der Waals surface area contributed by atoms with Crippen molar-refractivity contribution >= 4 is 16.0 Å². The SMILES string of the molecule is COC(=O)c1ccc(F)cc1S(=O)(=O)N1CCC1. The van der Waals surface area contributed by atoms with E-state index in [9.17, 15) is 17.6 Å². The first-order valence-electron chi connectivity index (χ1n) is 5.35. The van der Waals surface area contributed by atoms with Crippen LogP contribution in [-0.4, -0.2) is 38.9 Å². The number of hydrogen-bond acceptors (Lipinski definition) is 4. The first kappa shape index (κ1) is 13.0. The number of esters is 1. The Morgan fingerprint density at radius 2 is 2.06 bits per heavy atom. The molecule has 1 aromatic carbocycles. The molecule has 1 fully saturated rings. The number of rotatable bonds is 3. The van der Waals surface area contributed by atoms with E-state index in [0.29, 0.717) is 13.1 Å². The van der Waals surface area contributed by atoms with Gasteiger partial charge < -0.3 is 4.74 Å². The Labute approximate surface area is 104 Å². The number of halogens is 1. The van der Waals surface area contributed by atoms with E-state index in [1.807, 2.05) is 0 Å². The van der Waals surface area contributed by atoms with Crippen LogP contribution in [0.1, 0.15) is 16.8 Å². The monoisotopic (exact) mass is 273 g/mol. The normalized spacial score (nSPS) is 16.1. The highest BCUT2D eigenvalue weighted by atomic mass is 32.2. The van der Waals surface area contributed by atoms with Crippen molar-refractivity contribution in [3.63, 3.8) is 0 Å². The predicted octanol–water partition coefficient (Wildman–Crippen LogP) is 1.01. The average Bonchev–Trinajstić information content (AvgIpc) is 2.25. The van der Waals surface area contributed by atoms with Crippen molar-refractivity contribution in [3.05, 3.63) is 29.6 Å². The predicted molar refractivity (Wildman–Crippen MR) is 61.1 cm³/mol. The molecule has 0 N–H and O–H groups in total. The van der Waals surface area contributed by atoms with Crippen LogP contribution >= 0.6 is 0 Å². The van der Waals surface area contributed by atoms with Gasteiger partial charge in [-0.2, -0.15) is 4.31 Å². The fourth-order valence-corrected chi connectivity index (χ4v) is 3.36. The molecule has 0 amide bonds. The van der Waals surface area contributed by atoms with E-state index in [2.05, 4.69) is 4.74 Å². The average molecular weight is 273 g/mol. The molecule has 18 heavy (non-hydrogen) atoms. The maximum atomic E-state index is 13.2. The molecule has 1 saturated heterocycles. The van der Waals surface area contributed by atoms with Crippen LogP contribution in [-0.2, 0) is 14.8 Å². The number of nitrogens with zero attached hydrogens (tertiary/aromatic N) is 1. The molecule has 1 aromatic rings. The summed E-state index contributed by atoms with van der Waals surface area (Å²) in [5, 5.41) is 0. The van der Waals surface area contributed by atoms with E-state index in [1.54, 1.807) is 0 Å². The minimum absolute atomic E-state index is 0.147. The summed E-state index contributed by atoms with van der Waals surface area (Å²) in [5.74, 6) is -1.50. The summed E-state index contributed by atoms with van der Waals surface area (Å²) in [6.07, 6.45) is 0.766. The summed E-state index contributed by atoms with van der Waals surface area (Å²) in [7, 11) is -2.67. The highest BCUT2D eigenvalue weighted by Gasteiger charge is 2.33. The first-order valence-corrected chi connectivity index (χ1v) is 6.79. The molecule has 0 aromatic heterocycles. The van der Waals surface area contributed by atoms with Crippen LogP contribution in [0.4, 0.5) is 4.39 Å². The van der Waals surface area contributed by atoms with Crippen molar-refractivity contribution in [2.75, 3.05) is 20.2 Å². The van der Waals surface area contributed by atoms with Crippen molar-refractivity contribution in [3.8, 4) is 0 Å². The zero-order valence-electron chi connectivity index (χ0n) is 9.72. The molecule has 7 heteroatoms. The lowest BCUT2D eigenvalue weighted by atomic mass is 10.2. The Morgan fingerprint density at radius 1 is 1.39 bits per heavy atom. The maximum absolute atomic E-state index is 13.2. The number of carbonyl (C=O) groups is 1. The zero-order chi connectivity index (χ0) is 13.3. The molecule has 0 unspecified atom stereocenters. The largest absolute Gasteiger partial charge is 0.465 e. The summed E-state index contributed by atoms with van der Waals surface area (Å²) in [6.45, 7) is 0.777. The van der Waals surface area contributed by atoms with Gasteiger partial charge in [-0.25, -0.2) is 17.6 Å². The second kappa shape index (κ2) is 4.66. The van der Waals surface area contributed by atoms with Crippen molar-refractivity contribution in [2.45, 2.75) is 11.3 Å². The lowest BCUT2D eigenvalue weighted by Gasteiger charge is -2.30. The smallest absolute Gasteiger partial charge is 0.339 e. The van der Waals surface area contributed by atoms with Gasteiger partial charge in [0.05, 0.1) is 17.6 Å². The van der Waals surface area contributed by atoms with Gasteiger partial charge in [0.2, 0.25) is 10.0 Å². The van der Waals surface area contributed by atoms with E-state index in [1.165, 1.54) is 4.31 Å². The summed E-state index contributed by atoms with van der Waals surface area (Å²) >= 11 is 0. The molecule has 0 saturated carbocycles. The lowest BCUT2D eigenvalue weighted by molar-refractivity contribution is 0.0596. The van der Waals surface area contributed by atoms with Gasteiger partial charge in [0.1, 0.15) is 5.82 Å². The maximum Gasteiger partial charge on any atom is 0.339 e. The molecule has 1 heterocycles. The summed E-state index contributed by atoms with van der Waals surface area (Å²) in [6, 6.07) is 3.00. The van der Waals surface area contributed by atoms with Crippen LogP contribution < -0.4 is 0 Å². The van der Waals surface area contributed by atoms with E-state index >= 15 is 0 Å². The Balaban J connectivity index is 2.54. The summed E-state index contributed by atoms with van der Waals surface area (Å²) < 4.78 is 43.2. The van der Waals surface area contributed by atoms with Gasteiger partial charge in [0.15, 0.2) is 0 Å². The Bertz CT molecular complexity index is 581. The topological polar surface area (TPSA) is 63.7 Å². The molecule has 0 aliphatic carbocycles. The van der Waals surface area contributed by atoms with Crippen molar-refractivity contribution in [1.29, 1.82) is 0 Å². The van der Waals surface area contributed by atoms with Gasteiger partial charge in [-0.3, -0.25) is 0 Å². The van der Waals surface area contributed by atoms with Crippen molar-refractivity contribution < 1.29 is 22.3 Å². The Kier molecular flexibility index (Phi) is 3.36. The number of hydrogen-bond donors (Lipinski definition) is 0. The lowest BCUT2D eigenvalue weighted by Crippen LogP contribution is -2.42. The fourth-order valence-electron chi connectivity index (χ4n) is 1.65. The molecule has 1 aliphatic rings.